The maximum Gasteiger partial charge on any atom is 0.191 e. The number of piperazine rings is 1. The number of hydrogen-bond donors (Lipinski definition) is 2. The SMILES string of the molecule is CCc1noc(CC)c1CNC(=NC)NCc1ccc(N2CCN(C)CC2)nc1. The molecule has 0 amide bonds. The van der Waals surface area contributed by atoms with Crippen molar-refractivity contribution < 1.29 is 4.52 Å². The first-order valence-electron chi connectivity index (χ1n) is 10.4. The summed E-state index contributed by atoms with van der Waals surface area (Å²) in [5.74, 6) is 2.74. The Hall–Kier alpha value is -2.61. The van der Waals surface area contributed by atoms with Gasteiger partial charge in [-0.25, -0.2) is 4.98 Å². The van der Waals surface area contributed by atoms with Crippen molar-refractivity contribution in [2.45, 2.75) is 39.8 Å². The van der Waals surface area contributed by atoms with E-state index < -0.39 is 0 Å². The summed E-state index contributed by atoms with van der Waals surface area (Å²) in [5.41, 5.74) is 3.27. The van der Waals surface area contributed by atoms with Gasteiger partial charge in [0.15, 0.2) is 5.96 Å². The van der Waals surface area contributed by atoms with Gasteiger partial charge in [-0.15, -0.1) is 0 Å². The number of guanidine groups is 1. The van der Waals surface area contributed by atoms with E-state index in [2.05, 4.69) is 68.6 Å². The van der Waals surface area contributed by atoms with E-state index in [0.717, 1.165) is 73.4 Å². The Bertz CT molecular complexity index is 770. The van der Waals surface area contributed by atoms with Gasteiger partial charge in [0.1, 0.15) is 11.6 Å². The average molecular weight is 400 g/mol. The molecule has 2 aromatic rings. The monoisotopic (exact) mass is 399 g/mol. The highest BCUT2D eigenvalue weighted by Gasteiger charge is 2.15. The van der Waals surface area contributed by atoms with Crippen LogP contribution >= 0.6 is 0 Å². The van der Waals surface area contributed by atoms with E-state index in [4.69, 9.17) is 4.52 Å². The maximum atomic E-state index is 5.43. The summed E-state index contributed by atoms with van der Waals surface area (Å²) in [7, 11) is 3.94. The summed E-state index contributed by atoms with van der Waals surface area (Å²) in [6.45, 7) is 9.70. The van der Waals surface area contributed by atoms with Crippen LogP contribution in [-0.4, -0.2) is 61.3 Å². The number of aromatic nitrogens is 2. The first-order chi connectivity index (χ1) is 14.1. The minimum atomic E-state index is 0.649. The van der Waals surface area contributed by atoms with Crippen molar-refractivity contribution in [2.75, 3.05) is 45.2 Å². The standard InChI is InChI=1S/C21H33N7O/c1-5-18-17(19(6-2)29-26-18)15-25-21(22-3)24-14-16-7-8-20(23-13-16)28-11-9-27(4)10-12-28/h7-8,13H,5-6,9-12,14-15H2,1-4H3,(H2,22,24,25). The molecule has 1 aliphatic heterocycles. The average Bonchev–Trinajstić information content (AvgIpc) is 3.17. The molecule has 0 aliphatic carbocycles. The first-order valence-corrected chi connectivity index (χ1v) is 10.4. The number of aryl methyl sites for hydroxylation is 2. The van der Waals surface area contributed by atoms with Gasteiger partial charge in [0.05, 0.1) is 5.69 Å². The summed E-state index contributed by atoms with van der Waals surface area (Å²) in [4.78, 5) is 13.7. The van der Waals surface area contributed by atoms with Gasteiger partial charge < -0.3 is 25.0 Å². The van der Waals surface area contributed by atoms with E-state index in [1.807, 2.05) is 6.20 Å². The number of nitrogens with one attached hydrogen (secondary N) is 2. The fourth-order valence-corrected chi connectivity index (χ4v) is 3.46. The third-order valence-electron chi connectivity index (χ3n) is 5.36. The van der Waals surface area contributed by atoms with Crippen molar-refractivity contribution in [3.8, 4) is 0 Å². The van der Waals surface area contributed by atoms with E-state index in [-0.39, 0.29) is 0 Å². The Kier molecular flexibility index (Phi) is 7.46. The third kappa shape index (κ3) is 5.47. The highest BCUT2D eigenvalue weighted by Crippen LogP contribution is 2.16. The molecule has 0 bridgehead atoms. The molecule has 1 saturated heterocycles. The van der Waals surface area contributed by atoms with Gasteiger partial charge in [-0.1, -0.05) is 25.1 Å². The van der Waals surface area contributed by atoms with Crippen molar-refractivity contribution in [1.82, 2.24) is 25.7 Å². The van der Waals surface area contributed by atoms with Crippen molar-refractivity contribution >= 4 is 11.8 Å². The lowest BCUT2D eigenvalue weighted by Gasteiger charge is -2.33. The Labute approximate surface area is 173 Å². The predicted octanol–water partition coefficient (Wildman–Crippen LogP) is 1.81. The van der Waals surface area contributed by atoms with E-state index in [0.29, 0.717) is 13.1 Å². The normalized spacial score (nSPS) is 15.6. The minimum absolute atomic E-state index is 0.649. The van der Waals surface area contributed by atoms with Crippen molar-refractivity contribution in [3.05, 3.63) is 40.9 Å². The topological polar surface area (TPSA) is 81.8 Å². The van der Waals surface area contributed by atoms with E-state index in [1.165, 1.54) is 0 Å². The molecule has 0 atom stereocenters. The first kappa shape index (κ1) is 21.1. The highest BCUT2D eigenvalue weighted by molar-refractivity contribution is 5.79. The van der Waals surface area contributed by atoms with Gasteiger partial charge in [0, 0.05) is 64.5 Å². The van der Waals surface area contributed by atoms with E-state index >= 15 is 0 Å². The smallest absolute Gasteiger partial charge is 0.191 e. The van der Waals surface area contributed by atoms with Crippen LogP contribution < -0.4 is 15.5 Å². The van der Waals surface area contributed by atoms with Gasteiger partial charge in [-0.2, -0.15) is 0 Å². The molecule has 0 saturated carbocycles. The van der Waals surface area contributed by atoms with E-state index in [1.54, 1.807) is 7.05 Å². The Morgan fingerprint density at radius 3 is 2.48 bits per heavy atom. The predicted molar refractivity (Wildman–Crippen MR) is 116 cm³/mol. The molecular weight excluding hydrogens is 366 g/mol. The van der Waals surface area contributed by atoms with Crippen LogP contribution in [0.5, 0.6) is 0 Å². The zero-order chi connectivity index (χ0) is 20.6. The zero-order valence-electron chi connectivity index (χ0n) is 18.0. The summed E-state index contributed by atoms with van der Waals surface area (Å²) >= 11 is 0. The Morgan fingerprint density at radius 1 is 1.10 bits per heavy atom. The minimum Gasteiger partial charge on any atom is -0.361 e. The molecule has 0 unspecified atom stereocenters. The zero-order valence-corrected chi connectivity index (χ0v) is 18.0. The molecule has 2 aromatic heterocycles. The molecule has 3 rings (SSSR count). The lowest BCUT2D eigenvalue weighted by molar-refractivity contribution is 0.312. The van der Waals surface area contributed by atoms with Crippen molar-refractivity contribution in [3.63, 3.8) is 0 Å². The summed E-state index contributed by atoms with van der Waals surface area (Å²) < 4.78 is 5.43. The summed E-state index contributed by atoms with van der Waals surface area (Å²) in [6.07, 6.45) is 3.64. The lowest BCUT2D eigenvalue weighted by Crippen LogP contribution is -2.44. The van der Waals surface area contributed by atoms with Gasteiger partial charge in [0.25, 0.3) is 0 Å². The number of likely N-dealkylation sites (N-methyl/N-ethyl adjacent to an activating group) is 1. The van der Waals surface area contributed by atoms with Gasteiger partial charge in [0.2, 0.25) is 0 Å². The Morgan fingerprint density at radius 2 is 1.86 bits per heavy atom. The second-order valence-corrected chi connectivity index (χ2v) is 7.33. The molecule has 29 heavy (non-hydrogen) atoms. The number of nitrogens with zero attached hydrogens (tertiary/aromatic N) is 5. The second-order valence-electron chi connectivity index (χ2n) is 7.33. The summed E-state index contributed by atoms with van der Waals surface area (Å²) in [5, 5.41) is 10.9. The van der Waals surface area contributed by atoms with Crippen LogP contribution in [0.2, 0.25) is 0 Å². The van der Waals surface area contributed by atoms with Crippen LogP contribution in [0.1, 0.15) is 36.4 Å². The van der Waals surface area contributed by atoms with Crippen LogP contribution in [-0.2, 0) is 25.9 Å². The molecular formula is C21H33N7O. The molecule has 0 spiro atoms. The van der Waals surface area contributed by atoms with Crippen LogP contribution in [0.4, 0.5) is 5.82 Å². The number of rotatable bonds is 7. The van der Waals surface area contributed by atoms with Crippen LogP contribution in [0, 0.1) is 0 Å². The number of hydrogen-bond acceptors (Lipinski definition) is 6. The van der Waals surface area contributed by atoms with Crippen LogP contribution in [0.25, 0.3) is 0 Å². The molecule has 158 valence electrons. The highest BCUT2D eigenvalue weighted by atomic mass is 16.5. The molecule has 1 aliphatic rings. The van der Waals surface area contributed by atoms with Crippen molar-refractivity contribution in [1.29, 1.82) is 0 Å². The molecule has 0 radical (unpaired) electrons. The number of pyridine rings is 1. The molecule has 2 N–H and O–H groups in total. The van der Waals surface area contributed by atoms with Gasteiger partial charge in [-0.3, -0.25) is 4.99 Å². The number of anilines is 1. The van der Waals surface area contributed by atoms with Crippen LogP contribution in [0.15, 0.2) is 27.8 Å². The van der Waals surface area contributed by atoms with Crippen LogP contribution in [0.3, 0.4) is 0 Å². The Balaban J connectivity index is 1.51. The molecule has 3 heterocycles. The second kappa shape index (κ2) is 10.2. The molecule has 1 fully saturated rings. The third-order valence-corrected chi connectivity index (χ3v) is 5.36. The fourth-order valence-electron chi connectivity index (χ4n) is 3.46. The van der Waals surface area contributed by atoms with Gasteiger partial charge >= 0.3 is 0 Å². The fraction of sp³-hybridized carbons (Fsp3) is 0.571. The largest absolute Gasteiger partial charge is 0.361 e. The maximum absolute atomic E-state index is 5.43. The van der Waals surface area contributed by atoms with E-state index in [9.17, 15) is 0 Å². The molecule has 8 nitrogen and oxygen atoms in total. The lowest BCUT2D eigenvalue weighted by atomic mass is 10.1. The quantitative estimate of drug-likeness (QED) is 0.543. The summed E-state index contributed by atoms with van der Waals surface area (Å²) in [6, 6.07) is 4.24. The van der Waals surface area contributed by atoms with Gasteiger partial charge in [-0.05, 0) is 25.1 Å². The molecule has 8 heteroatoms. The number of aliphatic imine (C=N–C) groups is 1. The van der Waals surface area contributed by atoms with Crippen molar-refractivity contribution in [2.24, 2.45) is 4.99 Å². The molecule has 0 aromatic carbocycles.